The summed E-state index contributed by atoms with van der Waals surface area (Å²) in [4.78, 5) is 28.2. The molecule has 6 heteroatoms. The lowest BCUT2D eigenvalue weighted by Gasteiger charge is -2.12. The molecule has 0 aromatic heterocycles. The normalized spacial score (nSPS) is 20.4. The zero-order valence-electron chi connectivity index (χ0n) is 12.3. The molecule has 0 spiro atoms. The highest BCUT2D eigenvalue weighted by molar-refractivity contribution is 8.15. The number of para-hydroxylation sites is 1. The van der Waals surface area contributed by atoms with Crippen LogP contribution < -0.4 is 10.6 Å². The minimum Gasteiger partial charge on any atom is -0.326 e. The number of benzene rings is 1. The number of carbonyl (C=O) groups excluding carboxylic acids is 2. The van der Waals surface area contributed by atoms with Crippen molar-refractivity contribution in [2.24, 2.45) is 4.99 Å². The molecule has 1 aromatic carbocycles. The number of nitrogens with one attached hydrogen (secondary N) is 2. The van der Waals surface area contributed by atoms with Gasteiger partial charge in [-0.2, -0.15) is 0 Å². The number of amidine groups is 1. The highest BCUT2D eigenvalue weighted by atomic mass is 32.2. The van der Waals surface area contributed by atoms with E-state index in [4.69, 9.17) is 0 Å². The molecule has 21 heavy (non-hydrogen) atoms. The number of carbonyl (C=O) groups is 2. The third-order valence-corrected chi connectivity index (χ3v) is 3.72. The Labute approximate surface area is 128 Å². The van der Waals surface area contributed by atoms with Gasteiger partial charge in [0.05, 0.1) is 5.54 Å². The fraction of sp³-hybridized carbons (Fsp3) is 0.400. The molecule has 1 fully saturated rings. The van der Waals surface area contributed by atoms with Gasteiger partial charge in [0.15, 0.2) is 5.17 Å². The summed E-state index contributed by atoms with van der Waals surface area (Å²) in [7, 11) is 0. The summed E-state index contributed by atoms with van der Waals surface area (Å²) in [6.45, 7) is 5.88. The molecule has 2 amide bonds. The van der Waals surface area contributed by atoms with Crippen LogP contribution in [0, 0.1) is 0 Å². The standard InChI is InChI=1S/C15H19N3O2S/c1-15(2,3)18-14-17-13(20)11(21-14)9-12(19)16-10-7-5-4-6-8-10/h4-8,11H,9H2,1-3H3,(H,16,19)(H,17,18,20)/t11-/m1/s1. The zero-order valence-corrected chi connectivity index (χ0v) is 13.2. The molecule has 1 atom stereocenters. The molecule has 1 aliphatic rings. The van der Waals surface area contributed by atoms with Crippen molar-refractivity contribution in [3.05, 3.63) is 30.3 Å². The largest absolute Gasteiger partial charge is 0.326 e. The summed E-state index contributed by atoms with van der Waals surface area (Å²) < 4.78 is 0. The van der Waals surface area contributed by atoms with Crippen LogP contribution >= 0.6 is 11.8 Å². The number of amides is 2. The molecule has 0 bridgehead atoms. The highest BCUT2D eigenvalue weighted by Crippen LogP contribution is 2.24. The molecule has 1 heterocycles. The molecule has 112 valence electrons. The minimum absolute atomic E-state index is 0.133. The summed E-state index contributed by atoms with van der Waals surface area (Å²) in [5.74, 6) is -0.336. The first-order valence-corrected chi connectivity index (χ1v) is 7.64. The van der Waals surface area contributed by atoms with Gasteiger partial charge < -0.3 is 10.6 Å². The second-order valence-corrected chi connectivity index (χ2v) is 6.99. The maximum atomic E-state index is 12.0. The van der Waals surface area contributed by atoms with Gasteiger partial charge in [-0.05, 0) is 32.9 Å². The van der Waals surface area contributed by atoms with Crippen LogP contribution in [-0.4, -0.2) is 27.8 Å². The van der Waals surface area contributed by atoms with Crippen molar-refractivity contribution in [2.75, 3.05) is 5.32 Å². The molecule has 5 nitrogen and oxygen atoms in total. The second kappa shape index (κ2) is 6.30. The Hall–Kier alpha value is -1.82. The van der Waals surface area contributed by atoms with Crippen molar-refractivity contribution in [3.8, 4) is 0 Å². The average Bonchev–Trinajstić information content (AvgIpc) is 2.68. The van der Waals surface area contributed by atoms with E-state index in [9.17, 15) is 9.59 Å². The lowest BCUT2D eigenvalue weighted by Crippen LogP contribution is -2.28. The highest BCUT2D eigenvalue weighted by Gasteiger charge is 2.32. The van der Waals surface area contributed by atoms with E-state index in [1.807, 2.05) is 51.1 Å². The number of rotatable bonds is 3. The van der Waals surface area contributed by atoms with E-state index in [-0.39, 0.29) is 23.8 Å². The molecule has 2 rings (SSSR count). The SMILES string of the molecule is CC(C)(C)N=C1NC(=O)[C@@H](CC(=O)Nc2ccccc2)S1. The third kappa shape index (κ3) is 4.90. The number of hydrogen-bond donors (Lipinski definition) is 2. The van der Waals surface area contributed by atoms with E-state index in [2.05, 4.69) is 15.6 Å². The number of nitrogens with zero attached hydrogens (tertiary/aromatic N) is 1. The Bertz CT molecular complexity index is 564. The van der Waals surface area contributed by atoms with E-state index < -0.39 is 5.25 Å². The topological polar surface area (TPSA) is 70.6 Å². The number of hydrogen-bond acceptors (Lipinski definition) is 4. The van der Waals surface area contributed by atoms with Crippen LogP contribution in [0.3, 0.4) is 0 Å². The number of anilines is 1. The lowest BCUT2D eigenvalue weighted by molar-refractivity contribution is -0.122. The fourth-order valence-corrected chi connectivity index (χ4v) is 2.96. The summed E-state index contributed by atoms with van der Waals surface area (Å²) in [5.41, 5.74) is 0.478. The van der Waals surface area contributed by atoms with Gasteiger partial charge in [-0.1, -0.05) is 30.0 Å². The van der Waals surface area contributed by atoms with Crippen LogP contribution in [0.4, 0.5) is 5.69 Å². The molecule has 0 aliphatic carbocycles. The fourth-order valence-electron chi connectivity index (χ4n) is 1.80. The number of aliphatic imine (C=N–C) groups is 1. The Balaban J connectivity index is 1.93. The Kier molecular flexibility index (Phi) is 4.67. The maximum Gasteiger partial charge on any atom is 0.240 e. The first kappa shape index (κ1) is 15.6. The predicted molar refractivity (Wildman–Crippen MR) is 86.4 cm³/mol. The van der Waals surface area contributed by atoms with Gasteiger partial charge in [0.25, 0.3) is 0 Å². The van der Waals surface area contributed by atoms with Crippen molar-refractivity contribution in [3.63, 3.8) is 0 Å². The first-order chi connectivity index (χ1) is 9.83. The number of thioether (sulfide) groups is 1. The minimum atomic E-state index is -0.421. The molecule has 1 aromatic rings. The van der Waals surface area contributed by atoms with Gasteiger partial charge >= 0.3 is 0 Å². The lowest BCUT2D eigenvalue weighted by atomic mass is 10.1. The van der Waals surface area contributed by atoms with Crippen molar-refractivity contribution >= 4 is 34.4 Å². The van der Waals surface area contributed by atoms with E-state index in [1.54, 1.807) is 0 Å². The average molecular weight is 305 g/mol. The maximum absolute atomic E-state index is 12.0. The molecule has 1 saturated heterocycles. The van der Waals surface area contributed by atoms with Crippen LogP contribution in [0.2, 0.25) is 0 Å². The van der Waals surface area contributed by atoms with Gasteiger partial charge in [0, 0.05) is 12.1 Å². The molecule has 0 saturated carbocycles. The van der Waals surface area contributed by atoms with Crippen LogP contribution in [0.1, 0.15) is 27.2 Å². The first-order valence-electron chi connectivity index (χ1n) is 6.76. The van der Waals surface area contributed by atoms with Crippen molar-refractivity contribution in [1.82, 2.24) is 5.32 Å². The Morgan fingerprint density at radius 1 is 1.33 bits per heavy atom. The molecule has 0 radical (unpaired) electrons. The zero-order chi connectivity index (χ0) is 15.5. The molecule has 2 N–H and O–H groups in total. The van der Waals surface area contributed by atoms with Gasteiger partial charge in [-0.15, -0.1) is 0 Å². The van der Waals surface area contributed by atoms with Crippen LogP contribution in [0.15, 0.2) is 35.3 Å². The van der Waals surface area contributed by atoms with Crippen molar-refractivity contribution < 1.29 is 9.59 Å². The van der Waals surface area contributed by atoms with E-state index >= 15 is 0 Å². The van der Waals surface area contributed by atoms with Gasteiger partial charge in [-0.3, -0.25) is 14.6 Å². The van der Waals surface area contributed by atoms with Gasteiger partial charge in [-0.25, -0.2) is 0 Å². The van der Waals surface area contributed by atoms with Crippen molar-refractivity contribution in [1.29, 1.82) is 0 Å². The summed E-state index contributed by atoms with van der Waals surface area (Å²) in [6, 6.07) is 9.20. The van der Waals surface area contributed by atoms with E-state index in [0.717, 1.165) is 5.69 Å². The summed E-state index contributed by atoms with van der Waals surface area (Å²) in [6.07, 6.45) is 0.133. The molecule has 1 aliphatic heterocycles. The monoisotopic (exact) mass is 305 g/mol. The smallest absolute Gasteiger partial charge is 0.240 e. The van der Waals surface area contributed by atoms with Crippen LogP contribution in [-0.2, 0) is 9.59 Å². The molecular weight excluding hydrogens is 286 g/mol. The quantitative estimate of drug-likeness (QED) is 0.901. The third-order valence-electron chi connectivity index (χ3n) is 2.64. The molecule has 0 unspecified atom stereocenters. The second-order valence-electron chi connectivity index (χ2n) is 5.80. The van der Waals surface area contributed by atoms with Gasteiger partial charge in [0.2, 0.25) is 11.8 Å². The van der Waals surface area contributed by atoms with E-state index in [1.165, 1.54) is 11.8 Å². The Morgan fingerprint density at radius 3 is 2.62 bits per heavy atom. The summed E-state index contributed by atoms with van der Waals surface area (Å²) in [5, 5.41) is 5.67. The van der Waals surface area contributed by atoms with Crippen LogP contribution in [0.5, 0.6) is 0 Å². The van der Waals surface area contributed by atoms with Gasteiger partial charge in [0.1, 0.15) is 5.25 Å². The van der Waals surface area contributed by atoms with E-state index in [0.29, 0.717) is 5.17 Å². The predicted octanol–water partition coefficient (Wildman–Crippen LogP) is 2.40. The molecular formula is C15H19N3O2S. The van der Waals surface area contributed by atoms with Crippen molar-refractivity contribution in [2.45, 2.75) is 38.0 Å². The Morgan fingerprint density at radius 2 is 2.00 bits per heavy atom. The summed E-state index contributed by atoms with van der Waals surface area (Å²) >= 11 is 1.31. The van der Waals surface area contributed by atoms with Crippen LogP contribution in [0.25, 0.3) is 0 Å².